The molecule has 0 spiro atoms. The van der Waals surface area contributed by atoms with Crippen LogP contribution in [-0.2, 0) is 4.74 Å². The molecule has 0 bridgehead atoms. The lowest BCUT2D eigenvalue weighted by molar-refractivity contribution is -0.138. The van der Waals surface area contributed by atoms with Crippen LogP contribution in [0.15, 0.2) is 0 Å². The molecule has 0 amide bonds. The normalized spacial score (nSPS) is 18.2. The van der Waals surface area contributed by atoms with Gasteiger partial charge in [-0.05, 0) is 32.1 Å². The zero-order chi connectivity index (χ0) is 12.8. The molecule has 0 aromatic heterocycles. The van der Waals surface area contributed by atoms with Gasteiger partial charge >= 0.3 is 6.18 Å². The summed E-state index contributed by atoms with van der Waals surface area (Å²) in [6.07, 6.45) is -4.19. The minimum atomic E-state index is -4.13. The van der Waals surface area contributed by atoms with Crippen molar-refractivity contribution in [1.82, 2.24) is 0 Å². The molecule has 0 aliphatic rings. The number of halogens is 3. The molecule has 16 heavy (non-hydrogen) atoms. The molecule has 0 saturated heterocycles. The molecule has 2 atom stereocenters. The van der Waals surface area contributed by atoms with Crippen molar-refractivity contribution in [3.8, 4) is 0 Å². The quantitative estimate of drug-likeness (QED) is 0.743. The van der Waals surface area contributed by atoms with Gasteiger partial charge in [-0.2, -0.15) is 13.2 Å². The van der Waals surface area contributed by atoms with Crippen LogP contribution in [0.5, 0.6) is 0 Å². The number of methoxy groups -OCH3 is 1. The average Bonchev–Trinajstić information content (AvgIpc) is 2.11. The van der Waals surface area contributed by atoms with Crippen molar-refractivity contribution >= 4 is 0 Å². The van der Waals surface area contributed by atoms with E-state index < -0.39 is 18.2 Å². The molecule has 0 aromatic carbocycles. The van der Waals surface area contributed by atoms with Crippen LogP contribution in [-0.4, -0.2) is 30.6 Å². The Balaban J connectivity index is 3.93. The number of hydrogen-bond donors (Lipinski definition) is 1. The van der Waals surface area contributed by atoms with Crippen LogP contribution in [0.3, 0.4) is 0 Å². The molecule has 2 nitrogen and oxygen atoms in total. The highest BCUT2D eigenvalue weighted by molar-refractivity contribution is 4.79. The lowest BCUT2D eigenvalue weighted by Gasteiger charge is -2.30. The lowest BCUT2D eigenvalue weighted by atomic mass is 9.84. The van der Waals surface area contributed by atoms with E-state index in [-0.39, 0.29) is 18.8 Å². The van der Waals surface area contributed by atoms with Crippen LogP contribution in [0.1, 0.15) is 39.5 Å². The maximum absolute atomic E-state index is 11.9. The predicted molar refractivity (Wildman–Crippen MR) is 56.2 cm³/mol. The molecule has 0 rings (SSSR count). The van der Waals surface area contributed by atoms with Crippen LogP contribution in [0.2, 0.25) is 0 Å². The lowest BCUT2D eigenvalue weighted by Crippen LogP contribution is -2.33. The molecule has 5 heteroatoms. The maximum atomic E-state index is 11.9. The molecule has 0 saturated carbocycles. The fourth-order valence-electron chi connectivity index (χ4n) is 1.50. The second-order valence-corrected chi connectivity index (χ2v) is 4.51. The SMILES string of the molecule is COCCC(C)C(C)(O)CCCC(F)(F)F. The van der Waals surface area contributed by atoms with Crippen LogP contribution >= 0.6 is 0 Å². The van der Waals surface area contributed by atoms with Crippen molar-refractivity contribution in [2.45, 2.75) is 51.3 Å². The fraction of sp³-hybridized carbons (Fsp3) is 1.00. The molecule has 2 unspecified atom stereocenters. The molecular formula is C11H21F3O2. The van der Waals surface area contributed by atoms with Gasteiger partial charge < -0.3 is 9.84 Å². The number of aliphatic hydroxyl groups is 1. The summed E-state index contributed by atoms with van der Waals surface area (Å²) in [4.78, 5) is 0. The Morgan fingerprint density at radius 3 is 2.25 bits per heavy atom. The van der Waals surface area contributed by atoms with Crippen molar-refractivity contribution < 1.29 is 23.0 Å². The summed E-state index contributed by atoms with van der Waals surface area (Å²) < 4.78 is 40.7. The minimum Gasteiger partial charge on any atom is -0.390 e. The van der Waals surface area contributed by atoms with Crippen molar-refractivity contribution in [3.63, 3.8) is 0 Å². The first-order chi connectivity index (χ1) is 7.19. The largest absolute Gasteiger partial charge is 0.390 e. The molecule has 0 aliphatic carbocycles. The molecular weight excluding hydrogens is 221 g/mol. The summed E-state index contributed by atoms with van der Waals surface area (Å²) in [7, 11) is 1.56. The highest BCUT2D eigenvalue weighted by Crippen LogP contribution is 2.29. The van der Waals surface area contributed by atoms with Gasteiger partial charge in [0.2, 0.25) is 0 Å². The summed E-state index contributed by atoms with van der Waals surface area (Å²) in [5.41, 5.74) is -1.05. The standard InChI is InChI=1S/C11H21F3O2/c1-9(5-8-16-3)10(2,15)6-4-7-11(12,13)14/h9,15H,4-8H2,1-3H3. The molecule has 0 heterocycles. The Bertz CT molecular complexity index is 190. The van der Waals surface area contributed by atoms with E-state index in [0.29, 0.717) is 13.0 Å². The Kier molecular flexibility index (Phi) is 6.33. The third-order valence-corrected chi connectivity index (χ3v) is 2.96. The minimum absolute atomic E-state index is 0.0339. The fourth-order valence-corrected chi connectivity index (χ4v) is 1.50. The third-order valence-electron chi connectivity index (χ3n) is 2.96. The van der Waals surface area contributed by atoms with Crippen LogP contribution in [0, 0.1) is 5.92 Å². The van der Waals surface area contributed by atoms with Crippen molar-refractivity contribution in [2.75, 3.05) is 13.7 Å². The van der Waals surface area contributed by atoms with Crippen LogP contribution in [0.25, 0.3) is 0 Å². The van der Waals surface area contributed by atoms with Gasteiger partial charge in [-0.1, -0.05) is 6.92 Å². The predicted octanol–water partition coefficient (Wildman–Crippen LogP) is 3.14. The Morgan fingerprint density at radius 1 is 1.25 bits per heavy atom. The smallest absolute Gasteiger partial charge is 0.389 e. The monoisotopic (exact) mass is 242 g/mol. The zero-order valence-electron chi connectivity index (χ0n) is 10.1. The van der Waals surface area contributed by atoms with E-state index in [9.17, 15) is 18.3 Å². The first-order valence-corrected chi connectivity index (χ1v) is 5.47. The first-order valence-electron chi connectivity index (χ1n) is 5.47. The van der Waals surface area contributed by atoms with Gasteiger partial charge in [0.15, 0.2) is 0 Å². The topological polar surface area (TPSA) is 29.5 Å². The highest BCUT2D eigenvalue weighted by atomic mass is 19.4. The Hall–Kier alpha value is -0.290. The van der Waals surface area contributed by atoms with Crippen molar-refractivity contribution in [2.24, 2.45) is 5.92 Å². The summed E-state index contributed by atoms with van der Waals surface area (Å²) >= 11 is 0. The molecule has 98 valence electrons. The van der Waals surface area contributed by atoms with E-state index in [1.165, 1.54) is 0 Å². The van der Waals surface area contributed by atoms with E-state index in [2.05, 4.69) is 0 Å². The Labute approximate surface area is 94.8 Å². The summed E-state index contributed by atoms with van der Waals surface area (Å²) in [5, 5.41) is 9.98. The summed E-state index contributed by atoms with van der Waals surface area (Å²) in [6, 6.07) is 0. The van der Waals surface area contributed by atoms with Gasteiger partial charge in [-0.15, -0.1) is 0 Å². The first kappa shape index (κ1) is 15.7. The van der Waals surface area contributed by atoms with E-state index in [4.69, 9.17) is 4.74 Å². The summed E-state index contributed by atoms with van der Waals surface area (Å²) in [6.45, 7) is 3.92. The van der Waals surface area contributed by atoms with Gasteiger partial charge in [0.25, 0.3) is 0 Å². The molecule has 0 aliphatic heterocycles. The van der Waals surface area contributed by atoms with Gasteiger partial charge in [0.1, 0.15) is 0 Å². The van der Waals surface area contributed by atoms with E-state index in [1.807, 2.05) is 6.92 Å². The van der Waals surface area contributed by atoms with E-state index >= 15 is 0 Å². The van der Waals surface area contributed by atoms with Crippen LogP contribution < -0.4 is 0 Å². The highest BCUT2D eigenvalue weighted by Gasteiger charge is 2.31. The zero-order valence-corrected chi connectivity index (χ0v) is 10.1. The molecule has 0 fully saturated rings. The molecule has 0 radical (unpaired) electrons. The molecule has 1 N–H and O–H groups in total. The van der Waals surface area contributed by atoms with Gasteiger partial charge in [-0.3, -0.25) is 0 Å². The Morgan fingerprint density at radius 2 is 1.81 bits per heavy atom. The third kappa shape index (κ3) is 7.06. The van der Waals surface area contributed by atoms with Gasteiger partial charge in [-0.25, -0.2) is 0 Å². The van der Waals surface area contributed by atoms with E-state index in [1.54, 1.807) is 14.0 Å². The number of hydrogen-bond acceptors (Lipinski definition) is 2. The van der Waals surface area contributed by atoms with Crippen molar-refractivity contribution in [3.05, 3.63) is 0 Å². The average molecular weight is 242 g/mol. The van der Waals surface area contributed by atoms with Gasteiger partial charge in [0, 0.05) is 20.1 Å². The van der Waals surface area contributed by atoms with Crippen LogP contribution in [0.4, 0.5) is 13.2 Å². The van der Waals surface area contributed by atoms with Gasteiger partial charge in [0.05, 0.1) is 5.60 Å². The maximum Gasteiger partial charge on any atom is 0.389 e. The number of alkyl halides is 3. The summed E-state index contributed by atoms with van der Waals surface area (Å²) in [5.74, 6) is -0.0688. The second-order valence-electron chi connectivity index (χ2n) is 4.51. The van der Waals surface area contributed by atoms with E-state index in [0.717, 1.165) is 0 Å². The second kappa shape index (κ2) is 6.45. The number of rotatable bonds is 7. The number of ether oxygens (including phenoxy) is 1. The van der Waals surface area contributed by atoms with Crippen molar-refractivity contribution in [1.29, 1.82) is 0 Å². The molecule has 0 aromatic rings.